The van der Waals surface area contributed by atoms with E-state index in [1.54, 1.807) is 24.3 Å². The van der Waals surface area contributed by atoms with E-state index in [0.29, 0.717) is 17.7 Å². The van der Waals surface area contributed by atoms with E-state index < -0.39 is 5.97 Å². The maximum Gasteiger partial charge on any atom is 0.338 e. The van der Waals surface area contributed by atoms with E-state index in [2.05, 4.69) is 22.9 Å². The van der Waals surface area contributed by atoms with Crippen molar-refractivity contribution in [2.75, 3.05) is 6.61 Å². The molecule has 0 amide bonds. The Hall–Kier alpha value is -2.14. The number of esters is 2. The van der Waals surface area contributed by atoms with Gasteiger partial charge in [0.15, 0.2) is 0 Å². The Labute approximate surface area is 156 Å². The van der Waals surface area contributed by atoms with Crippen LogP contribution < -0.4 is 0 Å². The number of unbranched alkanes of at least 4 members (excludes halogenated alkanes) is 2. The summed E-state index contributed by atoms with van der Waals surface area (Å²) in [5.41, 5.74) is 1.73. The lowest BCUT2D eigenvalue weighted by atomic mass is 10.1. The van der Waals surface area contributed by atoms with Crippen molar-refractivity contribution in [2.45, 2.75) is 32.8 Å². The SMILES string of the molecule is CCCCCOC(=O)c1ccc(C(=O)OCc2cccc(Br)c2)cc1. The molecule has 0 atom stereocenters. The van der Waals surface area contributed by atoms with Crippen molar-refractivity contribution in [3.8, 4) is 0 Å². The number of carbonyl (C=O) groups excluding carboxylic acids is 2. The van der Waals surface area contributed by atoms with E-state index in [-0.39, 0.29) is 12.6 Å². The van der Waals surface area contributed by atoms with Crippen molar-refractivity contribution in [2.24, 2.45) is 0 Å². The molecule has 2 aromatic rings. The van der Waals surface area contributed by atoms with Gasteiger partial charge in [-0.15, -0.1) is 0 Å². The van der Waals surface area contributed by atoms with Crippen molar-refractivity contribution >= 4 is 27.9 Å². The van der Waals surface area contributed by atoms with Gasteiger partial charge < -0.3 is 9.47 Å². The Morgan fingerprint density at radius 1 is 0.920 bits per heavy atom. The summed E-state index contributed by atoms with van der Waals surface area (Å²) >= 11 is 3.38. The van der Waals surface area contributed by atoms with Gasteiger partial charge in [-0.05, 0) is 48.4 Å². The summed E-state index contributed by atoms with van der Waals surface area (Å²) in [5.74, 6) is -0.798. The molecule has 0 fully saturated rings. The van der Waals surface area contributed by atoms with Crippen molar-refractivity contribution in [1.82, 2.24) is 0 Å². The van der Waals surface area contributed by atoms with Gasteiger partial charge in [-0.2, -0.15) is 0 Å². The lowest BCUT2D eigenvalue weighted by Gasteiger charge is -2.07. The normalized spacial score (nSPS) is 10.3. The molecule has 0 aliphatic carbocycles. The Morgan fingerprint density at radius 3 is 2.16 bits per heavy atom. The van der Waals surface area contributed by atoms with Crippen LogP contribution in [0, 0.1) is 0 Å². The number of carbonyl (C=O) groups is 2. The zero-order valence-corrected chi connectivity index (χ0v) is 15.8. The molecule has 0 radical (unpaired) electrons. The van der Waals surface area contributed by atoms with Crippen LogP contribution in [0.15, 0.2) is 53.0 Å². The average molecular weight is 405 g/mol. The van der Waals surface area contributed by atoms with E-state index in [4.69, 9.17) is 9.47 Å². The monoisotopic (exact) mass is 404 g/mol. The van der Waals surface area contributed by atoms with Gasteiger partial charge in [0.1, 0.15) is 6.61 Å². The molecule has 5 heteroatoms. The third-order valence-electron chi connectivity index (χ3n) is 3.60. The number of ether oxygens (including phenoxy) is 2. The highest BCUT2D eigenvalue weighted by Crippen LogP contribution is 2.14. The largest absolute Gasteiger partial charge is 0.462 e. The lowest BCUT2D eigenvalue weighted by Crippen LogP contribution is -2.08. The van der Waals surface area contributed by atoms with Gasteiger partial charge in [0, 0.05) is 4.47 Å². The van der Waals surface area contributed by atoms with Crippen LogP contribution in [0.2, 0.25) is 0 Å². The molecule has 4 nitrogen and oxygen atoms in total. The second kappa shape index (κ2) is 9.99. The van der Waals surface area contributed by atoms with Crippen LogP contribution in [-0.4, -0.2) is 18.5 Å². The van der Waals surface area contributed by atoms with Gasteiger partial charge in [0.25, 0.3) is 0 Å². The third kappa shape index (κ3) is 6.35. The molecular formula is C20H21BrO4. The molecule has 0 aliphatic heterocycles. The fourth-order valence-electron chi connectivity index (χ4n) is 2.20. The molecule has 0 bridgehead atoms. The minimum absolute atomic E-state index is 0.194. The standard InChI is InChI=1S/C20H21BrO4/c1-2-3-4-12-24-19(22)16-8-10-17(11-9-16)20(23)25-14-15-6-5-7-18(21)13-15/h5-11,13H,2-4,12,14H2,1H3. The molecule has 25 heavy (non-hydrogen) atoms. The molecule has 0 aromatic heterocycles. The number of rotatable bonds is 8. The molecule has 0 unspecified atom stereocenters. The van der Waals surface area contributed by atoms with Gasteiger partial charge in [-0.1, -0.05) is 47.8 Å². The lowest BCUT2D eigenvalue weighted by molar-refractivity contribution is 0.0466. The highest BCUT2D eigenvalue weighted by atomic mass is 79.9. The molecule has 0 N–H and O–H groups in total. The summed E-state index contributed by atoms with van der Waals surface area (Å²) in [7, 11) is 0. The highest BCUT2D eigenvalue weighted by molar-refractivity contribution is 9.10. The molecular weight excluding hydrogens is 384 g/mol. The van der Waals surface area contributed by atoms with E-state index in [1.807, 2.05) is 24.3 Å². The average Bonchev–Trinajstić information content (AvgIpc) is 2.63. The predicted molar refractivity (Wildman–Crippen MR) is 99.5 cm³/mol. The van der Waals surface area contributed by atoms with Crippen LogP contribution in [0.5, 0.6) is 0 Å². The molecule has 0 aliphatic rings. The minimum atomic E-state index is -0.428. The topological polar surface area (TPSA) is 52.6 Å². The number of benzene rings is 2. The van der Waals surface area contributed by atoms with Crippen molar-refractivity contribution in [3.05, 3.63) is 69.7 Å². The quantitative estimate of drug-likeness (QED) is 0.450. The van der Waals surface area contributed by atoms with E-state index >= 15 is 0 Å². The Morgan fingerprint density at radius 2 is 1.56 bits per heavy atom. The van der Waals surface area contributed by atoms with Crippen LogP contribution in [0.4, 0.5) is 0 Å². The van der Waals surface area contributed by atoms with Crippen LogP contribution in [0.3, 0.4) is 0 Å². The maximum atomic E-state index is 12.1. The molecule has 0 spiro atoms. The van der Waals surface area contributed by atoms with Crippen LogP contribution in [0.1, 0.15) is 52.5 Å². The Bertz CT molecular complexity index is 710. The summed E-state index contributed by atoms with van der Waals surface area (Å²) in [4.78, 5) is 24.0. The summed E-state index contributed by atoms with van der Waals surface area (Å²) < 4.78 is 11.4. The molecule has 2 aromatic carbocycles. The number of hydrogen-bond donors (Lipinski definition) is 0. The fourth-order valence-corrected chi connectivity index (χ4v) is 2.65. The van der Waals surface area contributed by atoms with Crippen LogP contribution in [-0.2, 0) is 16.1 Å². The van der Waals surface area contributed by atoms with Gasteiger partial charge >= 0.3 is 11.9 Å². The zero-order valence-electron chi connectivity index (χ0n) is 14.2. The molecule has 0 saturated heterocycles. The van der Waals surface area contributed by atoms with Crippen molar-refractivity contribution in [1.29, 1.82) is 0 Å². The van der Waals surface area contributed by atoms with Crippen LogP contribution in [0.25, 0.3) is 0 Å². The highest BCUT2D eigenvalue weighted by Gasteiger charge is 2.11. The molecule has 132 valence electrons. The third-order valence-corrected chi connectivity index (χ3v) is 4.09. The number of hydrogen-bond acceptors (Lipinski definition) is 4. The second-order valence-electron chi connectivity index (χ2n) is 5.63. The first-order valence-electron chi connectivity index (χ1n) is 8.29. The van der Waals surface area contributed by atoms with Gasteiger partial charge in [0.2, 0.25) is 0 Å². The maximum absolute atomic E-state index is 12.1. The number of halogens is 1. The predicted octanol–water partition coefficient (Wildman–Crippen LogP) is 5.15. The fraction of sp³-hybridized carbons (Fsp3) is 0.300. The van der Waals surface area contributed by atoms with Crippen LogP contribution >= 0.6 is 15.9 Å². The van der Waals surface area contributed by atoms with Gasteiger partial charge in [-0.3, -0.25) is 0 Å². The minimum Gasteiger partial charge on any atom is -0.462 e. The molecule has 0 saturated carbocycles. The van der Waals surface area contributed by atoms with Gasteiger partial charge in [-0.25, -0.2) is 9.59 Å². The van der Waals surface area contributed by atoms with E-state index in [0.717, 1.165) is 29.3 Å². The first-order valence-corrected chi connectivity index (χ1v) is 9.08. The zero-order chi connectivity index (χ0) is 18.1. The van der Waals surface area contributed by atoms with Crippen molar-refractivity contribution in [3.63, 3.8) is 0 Å². The smallest absolute Gasteiger partial charge is 0.338 e. The van der Waals surface area contributed by atoms with Gasteiger partial charge in [0.05, 0.1) is 17.7 Å². The second-order valence-corrected chi connectivity index (χ2v) is 6.54. The molecule has 0 heterocycles. The Kier molecular flexibility index (Phi) is 7.67. The summed E-state index contributed by atoms with van der Waals surface area (Å²) in [5, 5.41) is 0. The van der Waals surface area contributed by atoms with E-state index in [1.165, 1.54) is 0 Å². The Balaban J connectivity index is 1.86. The summed E-state index contributed by atoms with van der Waals surface area (Å²) in [6, 6.07) is 13.9. The first kappa shape index (κ1) is 19.2. The van der Waals surface area contributed by atoms with E-state index in [9.17, 15) is 9.59 Å². The first-order chi connectivity index (χ1) is 12.1. The van der Waals surface area contributed by atoms with Crippen molar-refractivity contribution < 1.29 is 19.1 Å². The summed E-state index contributed by atoms with van der Waals surface area (Å²) in [6.45, 7) is 2.71. The molecule has 2 rings (SSSR count). The summed E-state index contributed by atoms with van der Waals surface area (Å²) in [6.07, 6.45) is 2.98.